The first-order valence-electron chi connectivity index (χ1n) is 15.8. The molecule has 0 radical (unpaired) electrons. The van der Waals surface area contributed by atoms with Gasteiger partial charge in [0.05, 0.1) is 41.5 Å². The topological polar surface area (TPSA) is 68.4 Å². The molecule has 8 heteroatoms. The highest BCUT2D eigenvalue weighted by Gasteiger charge is 2.35. The van der Waals surface area contributed by atoms with E-state index in [1.54, 1.807) is 7.11 Å². The van der Waals surface area contributed by atoms with Crippen molar-refractivity contribution in [3.8, 4) is 34.0 Å². The summed E-state index contributed by atoms with van der Waals surface area (Å²) < 4.78 is 7.40. The number of para-hydroxylation sites is 1. The lowest BCUT2D eigenvalue weighted by atomic mass is 9.96. The molecule has 0 saturated carbocycles. The summed E-state index contributed by atoms with van der Waals surface area (Å²) in [6, 6.07) is 42.3. The van der Waals surface area contributed by atoms with Crippen LogP contribution in [0.3, 0.4) is 0 Å². The summed E-state index contributed by atoms with van der Waals surface area (Å²) in [5.74, 6) is 1.29. The third-order valence-corrected chi connectivity index (χ3v) is 8.91. The molecular weight excluding hydrogens is 616 g/mol. The Balaban J connectivity index is 1.34. The van der Waals surface area contributed by atoms with Gasteiger partial charge in [-0.3, -0.25) is 0 Å². The van der Waals surface area contributed by atoms with Gasteiger partial charge in [0.1, 0.15) is 5.75 Å². The highest BCUT2D eigenvalue weighted by molar-refractivity contribution is 6.31. The molecule has 0 spiro atoms. The van der Waals surface area contributed by atoms with E-state index in [9.17, 15) is 0 Å². The van der Waals surface area contributed by atoms with Gasteiger partial charge in [-0.25, -0.2) is 19.7 Å². The van der Waals surface area contributed by atoms with Crippen LogP contribution >= 0.6 is 11.6 Å². The van der Waals surface area contributed by atoms with Crippen LogP contribution in [0, 0.1) is 6.92 Å². The number of anilines is 1. The van der Waals surface area contributed by atoms with Crippen molar-refractivity contribution in [1.82, 2.24) is 19.7 Å². The van der Waals surface area contributed by atoms with Crippen LogP contribution in [0.4, 0.5) is 5.95 Å². The van der Waals surface area contributed by atoms with Crippen molar-refractivity contribution in [3.63, 3.8) is 0 Å². The average molecular weight is 647 g/mol. The van der Waals surface area contributed by atoms with Gasteiger partial charge in [-0.15, -0.1) is 0 Å². The Morgan fingerprint density at radius 2 is 1.42 bits per heavy atom. The number of aromatic nitrogens is 4. The summed E-state index contributed by atoms with van der Waals surface area (Å²) in [5, 5.41) is 13.9. The molecule has 1 atom stereocenters. The van der Waals surface area contributed by atoms with Gasteiger partial charge in [0.25, 0.3) is 0 Å². The highest BCUT2D eigenvalue weighted by Crippen LogP contribution is 2.41. The van der Waals surface area contributed by atoms with E-state index < -0.39 is 0 Å². The molecule has 7 aromatic rings. The van der Waals surface area contributed by atoms with Crippen LogP contribution in [0.15, 0.2) is 139 Å². The second-order valence-electron chi connectivity index (χ2n) is 11.8. The van der Waals surface area contributed by atoms with Gasteiger partial charge >= 0.3 is 0 Å². The van der Waals surface area contributed by atoms with Gasteiger partial charge in [0.15, 0.2) is 0 Å². The summed E-state index contributed by atoms with van der Waals surface area (Å²) >= 11 is 6.49. The molecular formula is C40H31ClN6O. The van der Waals surface area contributed by atoms with Gasteiger partial charge in [-0.1, -0.05) is 90.0 Å². The maximum atomic E-state index is 6.49. The predicted octanol–water partition coefficient (Wildman–Crippen LogP) is 9.48. The third-order valence-electron chi connectivity index (χ3n) is 8.68. The van der Waals surface area contributed by atoms with Crippen molar-refractivity contribution in [3.05, 3.63) is 155 Å². The monoisotopic (exact) mass is 646 g/mol. The molecule has 1 aliphatic heterocycles. The number of fused-ring (bicyclic) bond motifs is 1. The van der Waals surface area contributed by atoms with Gasteiger partial charge in [0, 0.05) is 39.7 Å². The summed E-state index contributed by atoms with van der Waals surface area (Å²) in [7, 11) is 1.67. The molecule has 1 aliphatic rings. The third kappa shape index (κ3) is 5.58. The fourth-order valence-corrected chi connectivity index (χ4v) is 6.35. The predicted molar refractivity (Wildman–Crippen MR) is 193 cm³/mol. The Kier molecular flexibility index (Phi) is 7.67. The molecule has 2 aromatic heterocycles. The van der Waals surface area contributed by atoms with Crippen LogP contribution in [0.5, 0.6) is 5.75 Å². The molecule has 0 aliphatic carbocycles. The number of benzene rings is 5. The van der Waals surface area contributed by atoms with Gasteiger partial charge in [-0.2, -0.15) is 10.2 Å². The Labute approximate surface area is 283 Å². The molecule has 0 fully saturated rings. The number of halogens is 1. The van der Waals surface area contributed by atoms with Crippen LogP contribution < -0.4 is 9.75 Å². The fourth-order valence-electron chi connectivity index (χ4n) is 6.18. The van der Waals surface area contributed by atoms with Crippen molar-refractivity contribution < 1.29 is 4.74 Å². The van der Waals surface area contributed by atoms with Crippen molar-refractivity contribution in [2.75, 3.05) is 12.1 Å². The molecule has 3 heterocycles. The lowest BCUT2D eigenvalue weighted by Crippen LogP contribution is -2.21. The molecule has 234 valence electrons. The molecule has 7 nitrogen and oxygen atoms in total. The van der Waals surface area contributed by atoms with Crippen LogP contribution in [-0.4, -0.2) is 32.6 Å². The standard InChI is InChI=1S/C40H31ClN6O/c1-26-13-15-29(16-14-26)39-34(25-46(45-39)31-11-7-4-8-12-31)37-24-36(27-17-20-32(48-2)21-18-27)44-47(37)40-42-35-22-19-30(41)23-33(35)38(43-40)28-9-5-3-6-10-28/h3-23,25,37H,24H2,1-2H3/t37-/m0/s1. The number of ether oxygens (including phenoxy) is 1. The zero-order valence-electron chi connectivity index (χ0n) is 26.5. The summed E-state index contributed by atoms with van der Waals surface area (Å²) in [6.45, 7) is 2.09. The molecule has 0 saturated heterocycles. The van der Waals surface area contributed by atoms with Crippen LogP contribution in [-0.2, 0) is 0 Å². The minimum atomic E-state index is -0.246. The van der Waals surface area contributed by atoms with Crippen LogP contribution in [0.25, 0.3) is 39.1 Å². The van der Waals surface area contributed by atoms with E-state index in [0.717, 1.165) is 61.7 Å². The number of nitrogens with zero attached hydrogens (tertiary/aromatic N) is 6. The molecule has 8 rings (SSSR count). The number of hydrogen-bond donors (Lipinski definition) is 0. The fraction of sp³-hybridized carbons (Fsp3) is 0.100. The molecule has 48 heavy (non-hydrogen) atoms. The molecule has 0 unspecified atom stereocenters. The quantitative estimate of drug-likeness (QED) is 0.173. The Bertz CT molecular complexity index is 2270. The van der Waals surface area contributed by atoms with Gasteiger partial charge in [-0.05, 0) is 67.1 Å². The number of rotatable bonds is 7. The zero-order valence-corrected chi connectivity index (χ0v) is 27.2. The first-order chi connectivity index (χ1) is 23.5. The summed E-state index contributed by atoms with van der Waals surface area (Å²) in [6.07, 6.45) is 2.74. The lowest BCUT2D eigenvalue weighted by Gasteiger charge is -2.23. The Morgan fingerprint density at radius 3 is 2.15 bits per heavy atom. The van der Waals surface area contributed by atoms with Gasteiger partial charge < -0.3 is 4.74 Å². The first-order valence-corrected chi connectivity index (χ1v) is 16.2. The van der Waals surface area contributed by atoms with E-state index >= 15 is 0 Å². The second kappa shape index (κ2) is 12.4. The Morgan fingerprint density at radius 1 is 0.729 bits per heavy atom. The number of hydrogen-bond acceptors (Lipinski definition) is 6. The lowest BCUT2D eigenvalue weighted by molar-refractivity contribution is 0.415. The molecule has 0 amide bonds. The van der Waals surface area contributed by atoms with Crippen molar-refractivity contribution in [2.24, 2.45) is 5.10 Å². The minimum absolute atomic E-state index is 0.246. The largest absolute Gasteiger partial charge is 0.497 e. The smallest absolute Gasteiger partial charge is 0.247 e. The van der Waals surface area contributed by atoms with E-state index in [1.165, 1.54) is 5.56 Å². The maximum Gasteiger partial charge on any atom is 0.247 e. The first kappa shape index (κ1) is 29.6. The van der Waals surface area contributed by atoms with Crippen molar-refractivity contribution in [1.29, 1.82) is 0 Å². The summed E-state index contributed by atoms with van der Waals surface area (Å²) in [4.78, 5) is 10.3. The SMILES string of the molecule is COc1ccc(C2=NN(c3nc(-c4ccccc4)c4cc(Cl)ccc4n3)[C@H](c3cn(-c4ccccc4)nc3-c3ccc(C)cc3)C2)cc1. The van der Waals surface area contributed by atoms with Crippen molar-refractivity contribution in [2.45, 2.75) is 19.4 Å². The molecule has 0 bridgehead atoms. The average Bonchev–Trinajstić information content (AvgIpc) is 3.78. The van der Waals surface area contributed by atoms with Crippen LogP contribution in [0.2, 0.25) is 5.02 Å². The normalized spacial score (nSPS) is 14.4. The van der Waals surface area contributed by atoms with E-state index in [-0.39, 0.29) is 6.04 Å². The van der Waals surface area contributed by atoms with E-state index in [4.69, 9.17) is 36.5 Å². The van der Waals surface area contributed by atoms with Crippen LogP contribution in [0.1, 0.15) is 29.2 Å². The zero-order chi connectivity index (χ0) is 32.6. The highest BCUT2D eigenvalue weighted by atomic mass is 35.5. The minimum Gasteiger partial charge on any atom is -0.497 e. The summed E-state index contributed by atoms with van der Waals surface area (Å²) in [5.41, 5.74) is 9.58. The van der Waals surface area contributed by atoms with Crippen molar-refractivity contribution >= 4 is 34.2 Å². The Hall–Kier alpha value is -5.79. The second-order valence-corrected chi connectivity index (χ2v) is 12.3. The number of aryl methyl sites for hydroxylation is 1. The van der Waals surface area contributed by atoms with E-state index in [2.05, 4.69) is 61.7 Å². The maximum absolute atomic E-state index is 6.49. The number of hydrazone groups is 1. The number of methoxy groups -OCH3 is 1. The molecule has 0 N–H and O–H groups in total. The molecule has 5 aromatic carbocycles. The van der Waals surface area contributed by atoms with E-state index in [1.807, 2.05) is 88.6 Å². The van der Waals surface area contributed by atoms with Gasteiger partial charge in [0.2, 0.25) is 5.95 Å². The van der Waals surface area contributed by atoms with E-state index in [0.29, 0.717) is 17.4 Å².